The molecule has 1 aromatic carbocycles. The Balaban J connectivity index is 2.04. The Kier molecular flexibility index (Phi) is 7.08. The highest BCUT2D eigenvalue weighted by Gasteiger charge is 2.30. The fraction of sp³-hybridized carbons (Fsp3) is 0.278. The minimum atomic E-state index is -0.527. The number of carbonyl (C=O) groups excluding carboxylic acids is 2. The van der Waals surface area contributed by atoms with Gasteiger partial charge in [0.05, 0.1) is 18.0 Å². The van der Waals surface area contributed by atoms with Crippen molar-refractivity contribution in [3.63, 3.8) is 0 Å². The number of carbonyl (C=O) groups is 2. The zero-order chi connectivity index (χ0) is 19.1. The minimum absolute atomic E-state index is 0.0652. The van der Waals surface area contributed by atoms with E-state index in [2.05, 4.69) is 5.43 Å². The van der Waals surface area contributed by atoms with Crippen LogP contribution in [0.2, 0.25) is 0 Å². The van der Waals surface area contributed by atoms with E-state index in [-0.39, 0.29) is 30.6 Å². The second-order valence-electron chi connectivity index (χ2n) is 5.58. The van der Waals surface area contributed by atoms with E-state index in [1.54, 1.807) is 6.92 Å². The van der Waals surface area contributed by atoms with E-state index in [4.69, 9.17) is 4.74 Å². The molecule has 0 bridgehead atoms. The van der Waals surface area contributed by atoms with Crippen molar-refractivity contribution in [2.75, 3.05) is 13.7 Å². The molecule has 0 spiro atoms. The quantitative estimate of drug-likeness (QED) is 0.433. The molecule has 1 amide bonds. The molecule has 8 nitrogen and oxygen atoms in total. The molecule has 26 heavy (non-hydrogen) atoms. The van der Waals surface area contributed by atoms with Gasteiger partial charge in [-0.3, -0.25) is 24.7 Å². The van der Waals surface area contributed by atoms with Gasteiger partial charge in [-0.2, -0.15) is 0 Å². The summed E-state index contributed by atoms with van der Waals surface area (Å²) in [6, 6.07) is 4.89. The van der Waals surface area contributed by atoms with Crippen LogP contribution in [0.25, 0.3) is 0 Å². The number of rotatable bonds is 8. The maximum atomic E-state index is 12.5. The van der Waals surface area contributed by atoms with Crippen LogP contribution in [0.4, 0.5) is 5.69 Å². The number of amides is 1. The SMILES string of the molecule is CCOC(=O)CC(NN(C)C(=O)c1ccc([N+](=O)[O-])cc1)[C]1[CH][CH][CH][CH]1. The van der Waals surface area contributed by atoms with Crippen LogP contribution in [-0.4, -0.2) is 41.5 Å². The van der Waals surface area contributed by atoms with Crippen molar-refractivity contribution >= 4 is 17.6 Å². The molecule has 1 saturated carbocycles. The van der Waals surface area contributed by atoms with E-state index in [9.17, 15) is 19.7 Å². The van der Waals surface area contributed by atoms with E-state index in [0.29, 0.717) is 5.56 Å². The molecular formula is C18H20N3O5. The maximum absolute atomic E-state index is 12.5. The lowest BCUT2D eigenvalue weighted by Crippen LogP contribution is -2.49. The van der Waals surface area contributed by atoms with Crippen LogP contribution in [0.3, 0.4) is 0 Å². The van der Waals surface area contributed by atoms with Crippen LogP contribution >= 0.6 is 0 Å². The summed E-state index contributed by atoms with van der Waals surface area (Å²) in [6.07, 6.45) is 7.44. The van der Waals surface area contributed by atoms with Crippen LogP contribution in [-0.2, 0) is 9.53 Å². The molecule has 8 heteroatoms. The molecule has 1 aliphatic carbocycles. The lowest BCUT2D eigenvalue weighted by Gasteiger charge is -2.29. The first kappa shape index (κ1) is 19.8. The smallest absolute Gasteiger partial charge is 0.307 e. The molecule has 0 aliphatic heterocycles. The topological polar surface area (TPSA) is 102 Å². The number of esters is 1. The van der Waals surface area contributed by atoms with Gasteiger partial charge < -0.3 is 4.74 Å². The third-order valence-electron chi connectivity index (χ3n) is 3.75. The van der Waals surface area contributed by atoms with Gasteiger partial charge in [0.1, 0.15) is 0 Å². The predicted molar refractivity (Wildman–Crippen MR) is 93.8 cm³/mol. The van der Waals surface area contributed by atoms with Gasteiger partial charge in [-0.15, -0.1) is 0 Å². The summed E-state index contributed by atoms with van der Waals surface area (Å²) >= 11 is 0. The molecule has 1 aliphatic rings. The number of hydrogen-bond acceptors (Lipinski definition) is 6. The Morgan fingerprint density at radius 2 is 1.85 bits per heavy atom. The van der Waals surface area contributed by atoms with Crippen molar-refractivity contribution in [3.8, 4) is 0 Å². The molecular weight excluding hydrogens is 338 g/mol. The molecule has 1 aromatic rings. The summed E-state index contributed by atoms with van der Waals surface area (Å²) in [5.74, 6) is 0.101. The Bertz CT molecular complexity index is 641. The van der Waals surface area contributed by atoms with Crippen molar-refractivity contribution in [2.45, 2.75) is 19.4 Å². The minimum Gasteiger partial charge on any atom is -0.466 e. The summed E-state index contributed by atoms with van der Waals surface area (Å²) in [6.45, 7) is 2.01. The second-order valence-corrected chi connectivity index (χ2v) is 5.58. The van der Waals surface area contributed by atoms with Crippen LogP contribution in [0.1, 0.15) is 23.7 Å². The fourth-order valence-corrected chi connectivity index (χ4v) is 2.46. The largest absolute Gasteiger partial charge is 0.466 e. The van der Waals surface area contributed by atoms with Gasteiger partial charge in [0.25, 0.3) is 11.6 Å². The van der Waals surface area contributed by atoms with E-state index in [1.807, 2.05) is 25.7 Å². The fourth-order valence-electron chi connectivity index (χ4n) is 2.46. The molecule has 1 N–H and O–H groups in total. The van der Waals surface area contributed by atoms with Crippen LogP contribution < -0.4 is 5.43 Å². The number of nitrogens with one attached hydrogen (secondary N) is 1. The Morgan fingerprint density at radius 1 is 1.23 bits per heavy atom. The molecule has 137 valence electrons. The number of non-ortho nitro benzene ring substituents is 1. The van der Waals surface area contributed by atoms with E-state index < -0.39 is 11.0 Å². The zero-order valence-corrected chi connectivity index (χ0v) is 14.5. The van der Waals surface area contributed by atoms with Gasteiger partial charge in [-0.25, -0.2) is 5.43 Å². The summed E-state index contributed by atoms with van der Waals surface area (Å²) < 4.78 is 4.99. The molecule has 0 aromatic heterocycles. The average molecular weight is 358 g/mol. The molecule has 1 atom stereocenters. The number of nitro benzene ring substituents is 1. The Hall–Kier alpha value is -2.48. The third kappa shape index (κ3) is 5.26. The number of nitrogens with zero attached hydrogens (tertiary/aromatic N) is 2. The predicted octanol–water partition coefficient (Wildman–Crippen LogP) is 1.90. The molecule has 0 saturated heterocycles. The number of benzene rings is 1. The van der Waals surface area contributed by atoms with Crippen LogP contribution in [0.5, 0.6) is 0 Å². The number of hydrogen-bond donors (Lipinski definition) is 1. The van der Waals surface area contributed by atoms with Crippen molar-refractivity contribution in [3.05, 3.63) is 71.5 Å². The standard InChI is InChI=1S/C18H20N3O5/c1-3-26-17(22)12-16(13-6-4-5-7-13)19-20(2)18(23)14-8-10-15(11-9-14)21(24)25/h4-11,16,19H,3,12H2,1-2H3. The van der Waals surface area contributed by atoms with Gasteiger partial charge in [0.2, 0.25) is 0 Å². The molecule has 1 unspecified atom stereocenters. The first-order valence-corrected chi connectivity index (χ1v) is 8.08. The van der Waals surface area contributed by atoms with Gasteiger partial charge in [-0.1, -0.05) is 0 Å². The Labute approximate surface area is 152 Å². The maximum Gasteiger partial charge on any atom is 0.307 e. The average Bonchev–Trinajstić information content (AvgIpc) is 3.15. The molecule has 5 radical (unpaired) electrons. The summed E-state index contributed by atoms with van der Waals surface area (Å²) in [4.78, 5) is 34.5. The van der Waals surface area contributed by atoms with Crippen molar-refractivity contribution in [2.24, 2.45) is 0 Å². The van der Waals surface area contributed by atoms with Crippen molar-refractivity contribution < 1.29 is 19.2 Å². The highest BCUT2D eigenvalue weighted by Crippen LogP contribution is 2.28. The zero-order valence-electron chi connectivity index (χ0n) is 14.5. The first-order chi connectivity index (χ1) is 12.4. The second kappa shape index (κ2) is 9.28. The normalized spacial score (nSPS) is 15.5. The van der Waals surface area contributed by atoms with Crippen LogP contribution in [0, 0.1) is 41.7 Å². The molecule has 1 fully saturated rings. The van der Waals surface area contributed by atoms with Crippen molar-refractivity contribution in [1.29, 1.82) is 0 Å². The molecule has 2 rings (SSSR count). The summed E-state index contributed by atoms with van der Waals surface area (Å²) in [5.41, 5.74) is 3.20. The lowest BCUT2D eigenvalue weighted by molar-refractivity contribution is -0.384. The van der Waals surface area contributed by atoms with Gasteiger partial charge >= 0.3 is 5.97 Å². The van der Waals surface area contributed by atoms with E-state index >= 15 is 0 Å². The monoisotopic (exact) mass is 358 g/mol. The third-order valence-corrected chi connectivity index (χ3v) is 3.75. The van der Waals surface area contributed by atoms with Crippen molar-refractivity contribution in [1.82, 2.24) is 10.4 Å². The van der Waals surface area contributed by atoms with Gasteiger partial charge in [0, 0.05) is 36.7 Å². The number of nitro groups is 1. The number of ether oxygens (including phenoxy) is 1. The number of hydrazine groups is 1. The highest BCUT2D eigenvalue weighted by molar-refractivity contribution is 5.94. The van der Waals surface area contributed by atoms with E-state index in [1.165, 1.54) is 36.3 Å². The van der Waals surface area contributed by atoms with E-state index in [0.717, 1.165) is 5.92 Å². The summed E-state index contributed by atoms with van der Waals surface area (Å²) in [5, 5.41) is 12.0. The summed E-state index contributed by atoms with van der Waals surface area (Å²) in [7, 11) is 1.53. The van der Waals surface area contributed by atoms with Crippen LogP contribution in [0.15, 0.2) is 24.3 Å². The Morgan fingerprint density at radius 3 is 2.38 bits per heavy atom. The van der Waals surface area contributed by atoms with Gasteiger partial charge in [0.15, 0.2) is 0 Å². The molecule has 0 heterocycles. The van der Waals surface area contributed by atoms with Gasteiger partial charge in [-0.05, 0) is 44.7 Å². The highest BCUT2D eigenvalue weighted by atomic mass is 16.6. The first-order valence-electron chi connectivity index (χ1n) is 8.08. The lowest BCUT2D eigenvalue weighted by atomic mass is 9.96.